The van der Waals surface area contributed by atoms with Crippen LogP contribution in [0.4, 0.5) is 5.69 Å². The monoisotopic (exact) mass is 441 g/mol. The molecule has 1 aromatic carbocycles. The molecule has 9 nitrogen and oxygen atoms in total. The van der Waals surface area contributed by atoms with E-state index in [9.17, 15) is 18.0 Å². The molecule has 1 aromatic heterocycles. The van der Waals surface area contributed by atoms with E-state index in [4.69, 9.17) is 21.1 Å². The van der Waals surface area contributed by atoms with Crippen molar-refractivity contribution in [3.8, 4) is 5.75 Å². The number of sulfonamides is 1. The zero-order valence-corrected chi connectivity index (χ0v) is 17.1. The van der Waals surface area contributed by atoms with E-state index in [0.29, 0.717) is 18.0 Å². The number of pyridine rings is 1. The summed E-state index contributed by atoms with van der Waals surface area (Å²) in [5.41, 5.74) is 0.290. The Morgan fingerprint density at radius 2 is 1.90 bits per heavy atom. The molecule has 0 radical (unpaired) electrons. The maximum Gasteiger partial charge on any atom is 0.307 e. The molecule has 0 saturated carbocycles. The molecule has 2 N–H and O–H groups in total. The highest BCUT2D eigenvalue weighted by Gasteiger charge is 2.15. The molecule has 0 aliphatic rings. The third-order valence-electron chi connectivity index (χ3n) is 3.46. The van der Waals surface area contributed by atoms with Crippen molar-refractivity contribution in [2.75, 3.05) is 25.1 Å². The van der Waals surface area contributed by atoms with Crippen molar-refractivity contribution < 1.29 is 27.5 Å². The van der Waals surface area contributed by atoms with E-state index in [1.165, 1.54) is 18.3 Å². The highest BCUT2D eigenvalue weighted by Crippen LogP contribution is 2.17. The van der Waals surface area contributed by atoms with Crippen LogP contribution in [0.3, 0.4) is 0 Å². The molecule has 1 heterocycles. The minimum atomic E-state index is -3.78. The zero-order valence-electron chi connectivity index (χ0n) is 15.6. The first-order chi connectivity index (χ1) is 13.8. The number of carbonyl (C=O) groups excluding carboxylic acids is 2. The minimum absolute atomic E-state index is 0.0436. The van der Waals surface area contributed by atoms with Gasteiger partial charge in [0.2, 0.25) is 10.0 Å². The van der Waals surface area contributed by atoms with Gasteiger partial charge in [-0.3, -0.25) is 9.59 Å². The summed E-state index contributed by atoms with van der Waals surface area (Å²) in [5.74, 6) is -0.768. The van der Waals surface area contributed by atoms with Crippen molar-refractivity contribution in [2.24, 2.45) is 0 Å². The number of hydrogen-bond donors (Lipinski definition) is 2. The molecule has 2 rings (SSSR count). The van der Waals surface area contributed by atoms with Crippen LogP contribution in [0.1, 0.15) is 13.3 Å². The van der Waals surface area contributed by atoms with E-state index in [2.05, 4.69) is 15.0 Å². The molecule has 0 unspecified atom stereocenters. The van der Waals surface area contributed by atoms with Crippen molar-refractivity contribution in [2.45, 2.75) is 18.2 Å². The molecule has 0 spiro atoms. The van der Waals surface area contributed by atoms with Gasteiger partial charge in [-0.05, 0) is 43.3 Å². The lowest BCUT2D eigenvalue weighted by atomic mass is 10.3. The van der Waals surface area contributed by atoms with Crippen LogP contribution in [0, 0.1) is 0 Å². The van der Waals surface area contributed by atoms with Crippen molar-refractivity contribution in [3.05, 3.63) is 47.7 Å². The number of halogens is 1. The molecular weight excluding hydrogens is 422 g/mol. The van der Waals surface area contributed by atoms with E-state index in [1.54, 1.807) is 24.3 Å². The predicted molar refractivity (Wildman–Crippen MR) is 106 cm³/mol. The summed E-state index contributed by atoms with van der Waals surface area (Å²) in [6, 6.07) is 9.02. The molecule has 29 heavy (non-hydrogen) atoms. The summed E-state index contributed by atoms with van der Waals surface area (Å²) < 4.78 is 36.8. The Morgan fingerprint density at radius 3 is 2.55 bits per heavy atom. The van der Waals surface area contributed by atoms with Crippen molar-refractivity contribution in [1.82, 2.24) is 9.71 Å². The number of nitrogens with one attached hydrogen (secondary N) is 2. The van der Waals surface area contributed by atoms with Gasteiger partial charge in [0, 0.05) is 12.7 Å². The Hall–Kier alpha value is -2.69. The summed E-state index contributed by atoms with van der Waals surface area (Å²) in [6.45, 7) is 1.59. The van der Waals surface area contributed by atoms with Gasteiger partial charge in [-0.15, -0.1) is 0 Å². The highest BCUT2D eigenvalue weighted by atomic mass is 35.5. The van der Waals surface area contributed by atoms with Crippen LogP contribution in [-0.2, 0) is 24.3 Å². The number of carbonyl (C=O) groups is 2. The quantitative estimate of drug-likeness (QED) is 0.426. The minimum Gasteiger partial charge on any atom is -0.494 e. The van der Waals surface area contributed by atoms with E-state index in [1.807, 2.05) is 6.92 Å². The third-order valence-corrected chi connectivity index (χ3v) is 5.24. The fraction of sp³-hybridized carbons (Fsp3) is 0.278. The second-order valence-corrected chi connectivity index (χ2v) is 7.73. The molecule has 1 amide bonds. The number of esters is 1. The van der Waals surface area contributed by atoms with Crippen LogP contribution in [0.25, 0.3) is 0 Å². The molecular formula is C18H20ClN3O6S. The van der Waals surface area contributed by atoms with Crippen LogP contribution in [0.2, 0.25) is 5.15 Å². The maximum atomic E-state index is 12.2. The number of benzene rings is 1. The highest BCUT2D eigenvalue weighted by molar-refractivity contribution is 7.89. The molecule has 0 bridgehead atoms. The summed E-state index contributed by atoms with van der Waals surface area (Å²) >= 11 is 5.81. The summed E-state index contributed by atoms with van der Waals surface area (Å²) in [6.07, 6.45) is 1.23. The molecule has 2 aromatic rings. The number of anilines is 1. The van der Waals surface area contributed by atoms with Crippen molar-refractivity contribution in [1.29, 1.82) is 0 Å². The van der Waals surface area contributed by atoms with Gasteiger partial charge < -0.3 is 14.8 Å². The van der Waals surface area contributed by atoms with Gasteiger partial charge in [0.25, 0.3) is 5.91 Å². The molecule has 11 heteroatoms. The van der Waals surface area contributed by atoms with Gasteiger partial charge in [-0.1, -0.05) is 11.6 Å². The molecule has 0 aliphatic carbocycles. The lowest BCUT2D eigenvalue weighted by Crippen LogP contribution is -2.28. The number of amides is 1. The van der Waals surface area contributed by atoms with Gasteiger partial charge in [0.15, 0.2) is 11.8 Å². The Morgan fingerprint density at radius 1 is 1.17 bits per heavy atom. The van der Waals surface area contributed by atoms with Crippen LogP contribution < -0.4 is 14.8 Å². The van der Waals surface area contributed by atoms with E-state index >= 15 is 0 Å². The van der Waals surface area contributed by atoms with Gasteiger partial charge in [0.05, 0.1) is 23.6 Å². The van der Waals surface area contributed by atoms with E-state index < -0.39 is 28.5 Å². The van der Waals surface area contributed by atoms with Gasteiger partial charge >= 0.3 is 5.97 Å². The first-order valence-electron chi connectivity index (χ1n) is 8.60. The Labute approximate surface area is 173 Å². The average molecular weight is 442 g/mol. The van der Waals surface area contributed by atoms with Crippen molar-refractivity contribution in [3.63, 3.8) is 0 Å². The van der Waals surface area contributed by atoms with Crippen LogP contribution in [0.5, 0.6) is 5.75 Å². The standard InChI is InChI=1S/C18H20ClN3O6S/c1-2-27-13-5-7-14(8-6-13)29(25,26)21-11-9-17(24)28-12-16(23)22-15-4-3-10-20-18(15)19/h3-8,10,21H,2,9,11-12H2,1H3,(H,22,23). The molecule has 0 saturated heterocycles. The zero-order chi connectivity index (χ0) is 21.3. The van der Waals surface area contributed by atoms with Gasteiger partial charge in [-0.2, -0.15) is 0 Å². The molecule has 0 aliphatic heterocycles. The van der Waals surface area contributed by atoms with Crippen LogP contribution in [-0.4, -0.2) is 45.0 Å². The number of rotatable bonds is 10. The molecule has 0 atom stereocenters. The van der Waals surface area contributed by atoms with Crippen LogP contribution in [0.15, 0.2) is 47.5 Å². The summed E-state index contributed by atoms with van der Waals surface area (Å²) in [5, 5.41) is 2.56. The van der Waals surface area contributed by atoms with E-state index in [0.717, 1.165) is 0 Å². The van der Waals surface area contributed by atoms with Crippen LogP contribution >= 0.6 is 11.6 Å². The normalized spacial score (nSPS) is 11.0. The summed E-state index contributed by atoms with van der Waals surface area (Å²) in [4.78, 5) is 27.3. The largest absolute Gasteiger partial charge is 0.494 e. The SMILES string of the molecule is CCOc1ccc(S(=O)(=O)NCCC(=O)OCC(=O)Nc2cccnc2Cl)cc1. The van der Waals surface area contributed by atoms with Gasteiger partial charge in [-0.25, -0.2) is 18.1 Å². The molecule has 156 valence electrons. The first kappa shape index (κ1) is 22.6. The second kappa shape index (κ2) is 10.7. The Balaban J connectivity index is 1.74. The third kappa shape index (κ3) is 7.33. The van der Waals surface area contributed by atoms with Crippen molar-refractivity contribution >= 4 is 39.2 Å². The topological polar surface area (TPSA) is 124 Å². The fourth-order valence-electron chi connectivity index (χ4n) is 2.14. The predicted octanol–water partition coefficient (Wildman–Crippen LogP) is 1.98. The maximum absolute atomic E-state index is 12.2. The lowest BCUT2D eigenvalue weighted by Gasteiger charge is -2.09. The number of aromatic nitrogens is 1. The second-order valence-electron chi connectivity index (χ2n) is 5.60. The summed E-state index contributed by atoms with van der Waals surface area (Å²) in [7, 11) is -3.78. The molecule has 0 fully saturated rings. The smallest absolute Gasteiger partial charge is 0.307 e. The number of nitrogens with zero attached hydrogens (tertiary/aromatic N) is 1. The first-order valence-corrected chi connectivity index (χ1v) is 10.5. The Kier molecular flexibility index (Phi) is 8.37. The Bertz CT molecular complexity index is 950. The van der Waals surface area contributed by atoms with E-state index in [-0.39, 0.29) is 23.0 Å². The lowest BCUT2D eigenvalue weighted by molar-refractivity contribution is -0.147. The average Bonchev–Trinajstić information content (AvgIpc) is 2.69. The number of ether oxygens (including phenoxy) is 2. The van der Waals surface area contributed by atoms with Gasteiger partial charge in [0.1, 0.15) is 5.75 Å². The fourth-order valence-corrected chi connectivity index (χ4v) is 3.33. The number of hydrogen-bond acceptors (Lipinski definition) is 7.